The Bertz CT molecular complexity index is 467. The van der Waals surface area contributed by atoms with E-state index in [-0.39, 0.29) is 18.4 Å². The van der Waals surface area contributed by atoms with E-state index in [0.717, 1.165) is 4.68 Å². The molecule has 0 fully saturated rings. The number of rotatable bonds is 2. The van der Waals surface area contributed by atoms with Crippen LogP contribution in [0.4, 0.5) is 5.95 Å². The maximum atomic E-state index is 10.9. The minimum atomic E-state index is -4.48. The summed E-state index contributed by atoms with van der Waals surface area (Å²) in [6.45, 7) is 1.18. The molecule has 1 heterocycles. The highest BCUT2D eigenvalue weighted by atomic mass is 35.5. The summed E-state index contributed by atoms with van der Waals surface area (Å²) >= 11 is 0. The van der Waals surface area contributed by atoms with Crippen molar-refractivity contribution in [3.8, 4) is 0 Å². The van der Waals surface area contributed by atoms with Gasteiger partial charge in [0.15, 0.2) is 0 Å². The van der Waals surface area contributed by atoms with E-state index in [1.165, 1.54) is 14.0 Å². The molecule has 8 nitrogen and oxygen atoms in total. The maximum Gasteiger partial charge on any atom is 0.332 e. The molecule has 1 aromatic rings. The SMILES string of the molecule is CNc1nc(S(=O)(=O)O)nn1C(C)=O.Cl. The number of hydrogen-bond acceptors (Lipinski definition) is 6. The number of anilines is 1. The third kappa shape index (κ3) is 2.88. The van der Waals surface area contributed by atoms with Gasteiger partial charge < -0.3 is 5.32 Å². The summed E-state index contributed by atoms with van der Waals surface area (Å²) in [7, 11) is -3.04. The largest absolute Gasteiger partial charge is 0.357 e. The molecule has 10 heteroatoms. The van der Waals surface area contributed by atoms with E-state index in [4.69, 9.17) is 4.55 Å². The molecule has 0 saturated carbocycles. The monoisotopic (exact) mass is 256 g/mol. The Hall–Kier alpha value is -1.19. The van der Waals surface area contributed by atoms with Crippen LogP contribution < -0.4 is 5.32 Å². The lowest BCUT2D eigenvalue weighted by Gasteiger charge is -1.96. The molecule has 0 spiro atoms. The van der Waals surface area contributed by atoms with Crippen LogP contribution in [-0.2, 0) is 10.1 Å². The fourth-order valence-corrected chi connectivity index (χ4v) is 1.17. The minimum Gasteiger partial charge on any atom is -0.357 e. The van der Waals surface area contributed by atoms with Crippen molar-refractivity contribution in [1.82, 2.24) is 14.8 Å². The molecule has 0 atom stereocenters. The number of halogens is 1. The van der Waals surface area contributed by atoms with Crippen LogP contribution in [0.15, 0.2) is 5.16 Å². The molecule has 0 aliphatic rings. The van der Waals surface area contributed by atoms with Gasteiger partial charge in [0.25, 0.3) is 5.16 Å². The summed E-state index contributed by atoms with van der Waals surface area (Å²) in [5.41, 5.74) is 0. The third-order valence-electron chi connectivity index (χ3n) is 1.34. The predicted molar refractivity (Wildman–Crippen MR) is 52.9 cm³/mol. The molecule has 0 unspecified atom stereocenters. The fourth-order valence-electron chi connectivity index (χ4n) is 0.784. The molecule has 0 aliphatic heterocycles. The Morgan fingerprint density at radius 3 is 2.33 bits per heavy atom. The van der Waals surface area contributed by atoms with Crippen LogP contribution in [0, 0.1) is 0 Å². The molecule has 1 aromatic heterocycles. The fraction of sp³-hybridized carbons (Fsp3) is 0.400. The van der Waals surface area contributed by atoms with Gasteiger partial charge in [0.05, 0.1) is 0 Å². The number of carbonyl (C=O) groups excluding carboxylic acids is 1. The van der Waals surface area contributed by atoms with E-state index in [1.807, 2.05) is 0 Å². The van der Waals surface area contributed by atoms with Crippen molar-refractivity contribution in [1.29, 1.82) is 0 Å². The highest BCUT2D eigenvalue weighted by Crippen LogP contribution is 2.08. The van der Waals surface area contributed by atoms with Crippen molar-refractivity contribution in [2.45, 2.75) is 12.1 Å². The normalized spacial score (nSPS) is 10.6. The quantitative estimate of drug-likeness (QED) is 0.695. The van der Waals surface area contributed by atoms with Gasteiger partial charge in [-0.15, -0.1) is 17.5 Å². The van der Waals surface area contributed by atoms with Crippen LogP contribution >= 0.6 is 12.4 Å². The third-order valence-corrected chi connectivity index (χ3v) is 1.97. The number of hydrogen-bond donors (Lipinski definition) is 2. The second-order valence-corrected chi connectivity index (χ2v) is 3.69. The maximum absolute atomic E-state index is 10.9. The number of nitrogens with one attached hydrogen (secondary N) is 1. The van der Waals surface area contributed by atoms with Gasteiger partial charge in [-0.05, 0) is 0 Å². The smallest absolute Gasteiger partial charge is 0.332 e. The topological polar surface area (TPSA) is 114 Å². The van der Waals surface area contributed by atoms with E-state index >= 15 is 0 Å². The van der Waals surface area contributed by atoms with E-state index in [1.54, 1.807) is 0 Å². The molecule has 0 saturated heterocycles. The van der Waals surface area contributed by atoms with Gasteiger partial charge in [-0.3, -0.25) is 9.35 Å². The summed E-state index contributed by atoms with van der Waals surface area (Å²) < 4.78 is 30.6. The second kappa shape index (κ2) is 4.55. The van der Waals surface area contributed by atoms with Gasteiger partial charge in [-0.25, -0.2) is 0 Å². The predicted octanol–water partition coefficient (Wildman–Crippen LogP) is -0.352. The van der Waals surface area contributed by atoms with Gasteiger partial charge in [0.2, 0.25) is 11.9 Å². The summed E-state index contributed by atoms with van der Waals surface area (Å²) in [4.78, 5) is 14.3. The van der Waals surface area contributed by atoms with Crippen LogP contribution in [0.2, 0.25) is 0 Å². The standard InChI is InChI=1S/C5H8N4O4S.ClH/c1-3(10)9-4(6-2)7-5(8-9)14(11,12)13;/h1-2H3,(H,6,7,8)(H,11,12,13);1H. The van der Waals surface area contributed by atoms with Crippen molar-refractivity contribution < 1.29 is 17.8 Å². The van der Waals surface area contributed by atoms with E-state index < -0.39 is 21.2 Å². The summed E-state index contributed by atoms with van der Waals surface area (Å²) in [5.74, 6) is -0.568. The zero-order chi connectivity index (χ0) is 10.9. The molecule has 15 heavy (non-hydrogen) atoms. The van der Waals surface area contributed by atoms with Crippen molar-refractivity contribution in [2.24, 2.45) is 0 Å². The zero-order valence-electron chi connectivity index (χ0n) is 7.83. The van der Waals surface area contributed by atoms with Gasteiger partial charge in [-0.1, -0.05) is 0 Å². The summed E-state index contributed by atoms with van der Waals surface area (Å²) in [6.07, 6.45) is 0. The Balaban J connectivity index is 0.00000196. The van der Waals surface area contributed by atoms with Crippen molar-refractivity contribution in [3.63, 3.8) is 0 Å². The molecule has 0 aliphatic carbocycles. The van der Waals surface area contributed by atoms with E-state index in [2.05, 4.69) is 15.4 Å². The molecule has 86 valence electrons. The van der Waals surface area contributed by atoms with Crippen LogP contribution in [0.3, 0.4) is 0 Å². The summed E-state index contributed by atoms with van der Waals surface area (Å²) in [5, 5.41) is 4.96. The van der Waals surface area contributed by atoms with Crippen LogP contribution in [-0.4, -0.2) is 40.7 Å². The number of aromatic nitrogens is 3. The Kier molecular flexibility index (Phi) is 4.19. The highest BCUT2D eigenvalue weighted by Gasteiger charge is 2.20. The molecule has 1 rings (SSSR count). The van der Waals surface area contributed by atoms with Crippen molar-refractivity contribution in [2.75, 3.05) is 12.4 Å². The molecule has 0 radical (unpaired) electrons. The van der Waals surface area contributed by atoms with Gasteiger partial charge in [-0.2, -0.15) is 18.1 Å². The molecule has 0 aromatic carbocycles. The molecule has 0 amide bonds. The first-order chi connectivity index (χ1) is 6.36. The van der Waals surface area contributed by atoms with Crippen LogP contribution in [0.1, 0.15) is 11.7 Å². The van der Waals surface area contributed by atoms with Gasteiger partial charge in [0, 0.05) is 14.0 Å². The first-order valence-corrected chi connectivity index (χ1v) is 4.93. The van der Waals surface area contributed by atoms with Gasteiger partial charge >= 0.3 is 10.1 Å². The molecule has 2 N–H and O–H groups in total. The van der Waals surface area contributed by atoms with E-state index in [9.17, 15) is 13.2 Å². The average Bonchev–Trinajstić information content (AvgIpc) is 2.45. The van der Waals surface area contributed by atoms with E-state index in [0.29, 0.717) is 0 Å². The Morgan fingerprint density at radius 2 is 2.07 bits per heavy atom. The highest BCUT2D eigenvalue weighted by molar-refractivity contribution is 7.85. The lowest BCUT2D eigenvalue weighted by molar-refractivity contribution is 0.0922. The lowest BCUT2D eigenvalue weighted by atomic mass is 10.7. The first-order valence-electron chi connectivity index (χ1n) is 3.49. The lowest BCUT2D eigenvalue weighted by Crippen LogP contribution is -2.11. The van der Waals surface area contributed by atoms with Crippen LogP contribution in [0.25, 0.3) is 0 Å². The summed E-state index contributed by atoms with van der Waals surface area (Å²) in [6, 6.07) is 0. The molecular formula is C5H9ClN4O4S. The number of carbonyl (C=O) groups is 1. The second-order valence-electron chi connectivity index (χ2n) is 2.37. The first kappa shape index (κ1) is 13.8. The average molecular weight is 257 g/mol. The molecule has 0 bridgehead atoms. The molecular weight excluding hydrogens is 248 g/mol. The number of nitrogens with zero attached hydrogens (tertiary/aromatic N) is 3. The Morgan fingerprint density at radius 1 is 1.53 bits per heavy atom. The van der Waals surface area contributed by atoms with Crippen molar-refractivity contribution >= 4 is 34.4 Å². The zero-order valence-corrected chi connectivity index (χ0v) is 9.46. The Labute approximate surface area is 91.8 Å². The van der Waals surface area contributed by atoms with Gasteiger partial charge in [0.1, 0.15) is 0 Å². The van der Waals surface area contributed by atoms with Crippen LogP contribution in [0.5, 0.6) is 0 Å². The van der Waals surface area contributed by atoms with Crippen molar-refractivity contribution in [3.05, 3.63) is 0 Å². The minimum absolute atomic E-state index is 0.